The van der Waals surface area contributed by atoms with Crippen LogP contribution in [0.15, 0.2) is 12.1 Å². The van der Waals surface area contributed by atoms with E-state index in [-0.39, 0.29) is 18.4 Å². The van der Waals surface area contributed by atoms with E-state index in [1.54, 1.807) is 0 Å². The van der Waals surface area contributed by atoms with E-state index < -0.39 is 11.9 Å². The number of hydrogen-bond acceptors (Lipinski definition) is 4. The lowest BCUT2D eigenvalue weighted by atomic mass is 10.0. The number of ether oxygens (including phenoxy) is 2. The second-order valence-electron chi connectivity index (χ2n) is 3.56. The molecule has 0 aliphatic carbocycles. The van der Waals surface area contributed by atoms with Crippen molar-refractivity contribution in [1.29, 1.82) is 0 Å². The summed E-state index contributed by atoms with van der Waals surface area (Å²) < 4.78 is 10.1. The van der Waals surface area contributed by atoms with Crippen LogP contribution in [0.25, 0.3) is 0 Å². The Morgan fingerprint density at radius 1 is 1.11 bits per heavy atom. The predicted octanol–water partition coefficient (Wildman–Crippen LogP) is 1.42. The molecule has 98 valence electrons. The van der Waals surface area contributed by atoms with Crippen molar-refractivity contribution in [2.45, 2.75) is 12.8 Å². The molecule has 6 nitrogen and oxygen atoms in total. The van der Waals surface area contributed by atoms with Crippen LogP contribution in [0.5, 0.6) is 11.5 Å². The molecule has 18 heavy (non-hydrogen) atoms. The fourth-order valence-electron chi connectivity index (χ4n) is 1.57. The third-order valence-corrected chi connectivity index (χ3v) is 2.45. The number of aliphatic carboxylic acids is 1. The van der Waals surface area contributed by atoms with Crippen molar-refractivity contribution in [3.8, 4) is 11.5 Å². The van der Waals surface area contributed by atoms with Crippen molar-refractivity contribution >= 4 is 11.9 Å². The molecule has 0 heterocycles. The Balaban J connectivity index is 3.20. The lowest BCUT2D eigenvalue weighted by Gasteiger charge is -2.12. The lowest BCUT2D eigenvalue weighted by molar-refractivity contribution is -0.136. The predicted molar refractivity (Wildman–Crippen MR) is 62.5 cm³/mol. The van der Waals surface area contributed by atoms with E-state index in [9.17, 15) is 9.59 Å². The number of carbonyl (C=O) groups is 2. The van der Waals surface area contributed by atoms with Gasteiger partial charge in [0.2, 0.25) is 0 Å². The summed E-state index contributed by atoms with van der Waals surface area (Å²) >= 11 is 0. The highest BCUT2D eigenvalue weighted by molar-refractivity contribution is 5.90. The minimum Gasteiger partial charge on any atom is -0.493 e. The second kappa shape index (κ2) is 5.90. The molecule has 2 N–H and O–H groups in total. The summed E-state index contributed by atoms with van der Waals surface area (Å²) in [6, 6.07) is 2.82. The average molecular weight is 254 g/mol. The number of benzene rings is 1. The average Bonchev–Trinajstić information content (AvgIpc) is 2.34. The summed E-state index contributed by atoms with van der Waals surface area (Å²) in [5.41, 5.74) is 0.427. The number of rotatable bonds is 6. The summed E-state index contributed by atoms with van der Waals surface area (Å²) in [7, 11) is 2.83. The molecule has 0 atom stereocenters. The van der Waals surface area contributed by atoms with Gasteiger partial charge in [-0.25, -0.2) is 4.79 Å². The first-order chi connectivity index (χ1) is 8.49. The molecule has 0 bridgehead atoms. The van der Waals surface area contributed by atoms with Crippen molar-refractivity contribution in [1.82, 2.24) is 0 Å². The van der Waals surface area contributed by atoms with Gasteiger partial charge in [-0.15, -0.1) is 0 Å². The Morgan fingerprint density at radius 3 is 2.11 bits per heavy atom. The Hall–Kier alpha value is -2.24. The third kappa shape index (κ3) is 3.13. The minimum absolute atomic E-state index is 0.0221. The van der Waals surface area contributed by atoms with Crippen LogP contribution in [0, 0.1) is 0 Å². The number of carboxylic acid groups (broad SMARTS) is 2. The van der Waals surface area contributed by atoms with Crippen LogP contribution in [0.4, 0.5) is 0 Å². The van der Waals surface area contributed by atoms with E-state index >= 15 is 0 Å². The molecule has 0 amide bonds. The normalized spacial score (nSPS) is 9.89. The van der Waals surface area contributed by atoms with E-state index in [1.807, 2.05) is 0 Å². The van der Waals surface area contributed by atoms with Crippen LogP contribution in [0.1, 0.15) is 22.3 Å². The van der Waals surface area contributed by atoms with E-state index in [4.69, 9.17) is 19.7 Å². The van der Waals surface area contributed by atoms with Gasteiger partial charge in [0.15, 0.2) is 11.5 Å². The van der Waals surface area contributed by atoms with Crippen LogP contribution in [-0.2, 0) is 11.2 Å². The van der Waals surface area contributed by atoms with Gasteiger partial charge in [-0.2, -0.15) is 0 Å². The number of methoxy groups -OCH3 is 2. The zero-order valence-corrected chi connectivity index (χ0v) is 10.1. The number of hydrogen-bond donors (Lipinski definition) is 2. The fraction of sp³-hybridized carbons (Fsp3) is 0.333. The van der Waals surface area contributed by atoms with E-state index in [0.717, 1.165) is 0 Å². The van der Waals surface area contributed by atoms with E-state index in [0.29, 0.717) is 17.1 Å². The third-order valence-electron chi connectivity index (χ3n) is 2.45. The monoisotopic (exact) mass is 254 g/mol. The quantitative estimate of drug-likeness (QED) is 0.797. The number of aryl methyl sites for hydroxylation is 1. The van der Waals surface area contributed by atoms with Gasteiger partial charge in [0.1, 0.15) is 0 Å². The topological polar surface area (TPSA) is 93.1 Å². The van der Waals surface area contributed by atoms with Crippen molar-refractivity contribution in [3.63, 3.8) is 0 Å². The molecule has 0 unspecified atom stereocenters. The Kier molecular flexibility index (Phi) is 4.53. The molecule has 0 radical (unpaired) electrons. The van der Waals surface area contributed by atoms with Gasteiger partial charge >= 0.3 is 11.9 Å². The standard InChI is InChI=1S/C12H14O6/c1-17-9-5-7(3-4-11(13)14)8(12(15)16)6-10(9)18-2/h5-6H,3-4H2,1-2H3,(H,13,14)(H,15,16). The van der Waals surface area contributed by atoms with Crippen LogP contribution >= 0.6 is 0 Å². The minimum atomic E-state index is -1.13. The van der Waals surface area contributed by atoms with Gasteiger partial charge in [-0.05, 0) is 24.1 Å². The summed E-state index contributed by atoms with van der Waals surface area (Å²) in [6.07, 6.45) is -0.0207. The second-order valence-corrected chi connectivity index (χ2v) is 3.56. The molecular weight excluding hydrogens is 240 g/mol. The number of carboxylic acids is 2. The highest BCUT2D eigenvalue weighted by Gasteiger charge is 2.16. The van der Waals surface area contributed by atoms with Crippen molar-refractivity contribution in [3.05, 3.63) is 23.3 Å². The molecule has 0 aliphatic rings. The first-order valence-electron chi connectivity index (χ1n) is 5.19. The molecule has 0 fully saturated rings. The SMILES string of the molecule is COc1cc(CCC(=O)O)c(C(=O)O)cc1OC. The highest BCUT2D eigenvalue weighted by Crippen LogP contribution is 2.31. The summed E-state index contributed by atoms with van der Waals surface area (Å²) in [5, 5.41) is 17.7. The largest absolute Gasteiger partial charge is 0.493 e. The molecule has 6 heteroatoms. The molecule has 1 rings (SSSR count). The molecule has 0 saturated carbocycles. The Bertz CT molecular complexity index is 466. The zero-order valence-electron chi connectivity index (χ0n) is 10.1. The van der Waals surface area contributed by atoms with Gasteiger partial charge in [0.25, 0.3) is 0 Å². The smallest absolute Gasteiger partial charge is 0.336 e. The summed E-state index contributed by atoms with van der Waals surface area (Å²) in [5.74, 6) is -1.44. The molecule has 0 aliphatic heterocycles. The van der Waals surface area contributed by atoms with Gasteiger partial charge in [0, 0.05) is 6.42 Å². The van der Waals surface area contributed by atoms with Crippen molar-refractivity contribution < 1.29 is 29.3 Å². The molecule has 0 saturated heterocycles. The summed E-state index contributed by atoms with van der Waals surface area (Å²) in [6.45, 7) is 0. The highest BCUT2D eigenvalue weighted by atomic mass is 16.5. The van der Waals surface area contributed by atoms with Crippen LogP contribution in [-0.4, -0.2) is 36.4 Å². The lowest BCUT2D eigenvalue weighted by Crippen LogP contribution is -2.07. The molecule has 0 spiro atoms. The maximum atomic E-state index is 11.1. The van der Waals surface area contributed by atoms with Gasteiger partial charge in [0.05, 0.1) is 19.8 Å². The maximum absolute atomic E-state index is 11.1. The van der Waals surface area contributed by atoms with E-state index in [2.05, 4.69) is 0 Å². The van der Waals surface area contributed by atoms with Crippen LogP contribution in [0.3, 0.4) is 0 Å². The summed E-state index contributed by atoms with van der Waals surface area (Å²) in [4.78, 5) is 21.6. The maximum Gasteiger partial charge on any atom is 0.336 e. The molecule has 1 aromatic rings. The van der Waals surface area contributed by atoms with Crippen molar-refractivity contribution in [2.24, 2.45) is 0 Å². The fourth-order valence-corrected chi connectivity index (χ4v) is 1.57. The Labute approximate surface area is 104 Å². The first kappa shape index (κ1) is 13.8. The Morgan fingerprint density at radius 2 is 1.67 bits per heavy atom. The molecular formula is C12H14O6. The number of aromatic carboxylic acids is 1. The molecule has 1 aromatic carbocycles. The first-order valence-corrected chi connectivity index (χ1v) is 5.19. The van der Waals surface area contributed by atoms with E-state index in [1.165, 1.54) is 26.4 Å². The van der Waals surface area contributed by atoms with Crippen molar-refractivity contribution in [2.75, 3.05) is 14.2 Å². The zero-order chi connectivity index (χ0) is 13.7. The van der Waals surface area contributed by atoms with Crippen LogP contribution in [0.2, 0.25) is 0 Å². The van der Waals surface area contributed by atoms with Gasteiger partial charge in [-0.3, -0.25) is 4.79 Å². The van der Waals surface area contributed by atoms with Crippen LogP contribution < -0.4 is 9.47 Å². The van der Waals surface area contributed by atoms with Gasteiger partial charge < -0.3 is 19.7 Å². The van der Waals surface area contributed by atoms with Gasteiger partial charge in [-0.1, -0.05) is 0 Å². The molecule has 0 aromatic heterocycles.